The quantitative estimate of drug-likeness (QED) is 0.629. The summed E-state index contributed by atoms with van der Waals surface area (Å²) in [5.74, 6) is 4.48. The van der Waals surface area contributed by atoms with Crippen LogP contribution in [0.5, 0.6) is 0 Å². The number of hydrogen-bond acceptors (Lipinski definition) is 0. The maximum atomic E-state index is 2.52. The first-order valence-corrected chi connectivity index (χ1v) is 6.62. The van der Waals surface area contributed by atoms with E-state index >= 15 is 0 Å². The van der Waals surface area contributed by atoms with E-state index in [4.69, 9.17) is 0 Å². The molecule has 3 unspecified atom stereocenters. The second-order valence-corrected chi connectivity index (χ2v) is 6.48. The average molecular weight is 192 g/mol. The minimum absolute atomic E-state index is 0.799. The minimum Gasteiger partial charge on any atom is -0.0651 e. The molecule has 0 heteroatoms. The molecule has 0 spiro atoms. The van der Waals surface area contributed by atoms with E-state index in [9.17, 15) is 0 Å². The Hall–Kier alpha value is 0. The lowest BCUT2D eigenvalue weighted by atomic mass is 9.74. The number of hydrogen-bond donors (Lipinski definition) is 0. The van der Waals surface area contributed by atoms with E-state index in [1.54, 1.807) is 12.8 Å². The number of fused-ring (bicyclic) bond motifs is 1. The minimum atomic E-state index is 0.799. The van der Waals surface area contributed by atoms with Gasteiger partial charge >= 0.3 is 0 Å². The number of rotatable bonds is 4. The van der Waals surface area contributed by atoms with Crippen molar-refractivity contribution in [2.24, 2.45) is 34.5 Å². The van der Waals surface area contributed by atoms with Crippen LogP contribution in [-0.2, 0) is 0 Å². The molecule has 3 aliphatic carbocycles. The summed E-state index contributed by atoms with van der Waals surface area (Å²) >= 11 is 0. The highest BCUT2D eigenvalue weighted by Gasteiger charge is 2.85. The third kappa shape index (κ3) is 0.823. The molecule has 0 aromatic rings. The van der Waals surface area contributed by atoms with Crippen molar-refractivity contribution in [1.82, 2.24) is 0 Å². The summed E-state index contributed by atoms with van der Waals surface area (Å²) in [6.07, 6.45) is 5.94. The summed E-state index contributed by atoms with van der Waals surface area (Å²) in [5, 5.41) is 0. The molecule has 0 bridgehead atoms. The van der Waals surface area contributed by atoms with Crippen LogP contribution in [0.15, 0.2) is 0 Å². The smallest absolute Gasteiger partial charge is 0.0237 e. The van der Waals surface area contributed by atoms with Crippen molar-refractivity contribution in [3.8, 4) is 0 Å². The third-order valence-corrected chi connectivity index (χ3v) is 6.28. The first-order valence-electron chi connectivity index (χ1n) is 6.62. The molecule has 0 aromatic carbocycles. The fourth-order valence-corrected chi connectivity index (χ4v) is 4.54. The van der Waals surface area contributed by atoms with Crippen LogP contribution in [-0.4, -0.2) is 0 Å². The molecule has 0 amide bonds. The zero-order chi connectivity index (χ0) is 10.1. The lowest BCUT2D eigenvalue weighted by Gasteiger charge is -2.31. The fraction of sp³-hybridized carbons (Fsp3) is 1.00. The Morgan fingerprint density at radius 1 is 1.14 bits per heavy atom. The second kappa shape index (κ2) is 2.39. The predicted molar refractivity (Wildman–Crippen MR) is 60.0 cm³/mol. The Morgan fingerprint density at radius 2 is 1.71 bits per heavy atom. The molecule has 0 N–H and O–H groups in total. The van der Waals surface area contributed by atoms with Crippen LogP contribution in [0.1, 0.15) is 53.4 Å². The molecule has 0 radical (unpaired) electrons. The SMILES string of the molecule is CCC(C)C1(C2C3C2C3(C)CC)CC1. The molecule has 0 heterocycles. The van der Waals surface area contributed by atoms with Crippen LogP contribution in [0.25, 0.3) is 0 Å². The molecule has 3 fully saturated rings. The van der Waals surface area contributed by atoms with Crippen molar-refractivity contribution in [1.29, 1.82) is 0 Å². The monoisotopic (exact) mass is 192 g/mol. The van der Waals surface area contributed by atoms with Gasteiger partial charge in [-0.15, -0.1) is 0 Å². The molecule has 3 rings (SSSR count). The van der Waals surface area contributed by atoms with E-state index in [0.29, 0.717) is 0 Å². The Kier molecular flexibility index (Phi) is 1.58. The molecule has 14 heavy (non-hydrogen) atoms. The van der Waals surface area contributed by atoms with E-state index in [1.807, 2.05) is 0 Å². The van der Waals surface area contributed by atoms with E-state index in [1.165, 1.54) is 18.8 Å². The molecule has 3 aliphatic rings. The van der Waals surface area contributed by atoms with Crippen molar-refractivity contribution in [3.05, 3.63) is 0 Å². The maximum Gasteiger partial charge on any atom is -0.0237 e. The summed E-state index contributed by atoms with van der Waals surface area (Å²) in [7, 11) is 0. The van der Waals surface area contributed by atoms with Crippen LogP contribution in [0.4, 0.5) is 0 Å². The summed E-state index contributed by atoms with van der Waals surface area (Å²) in [6.45, 7) is 9.77. The van der Waals surface area contributed by atoms with Crippen molar-refractivity contribution < 1.29 is 0 Å². The summed E-state index contributed by atoms with van der Waals surface area (Å²) < 4.78 is 0. The first-order chi connectivity index (χ1) is 6.62. The van der Waals surface area contributed by atoms with Crippen LogP contribution in [0.2, 0.25) is 0 Å². The highest BCUT2D eigenvalue weighted by Crippen LogP contribution is 2.90. The topological polar surface area (TPSA) is 0 Å². The average Bonchev–Trinajstić information content (AvgIpc) is 3.04. The summed E-state index contributed by atoms with van der Waals surface area (Å²) in [4.78, 5) is 0. The molecule has 0 aliphatic heterocycles. The fourth-order valence-electron chi connectivity index (χ4n) is 4.54. The summed E-state index contributed by atoms with van der Waals surface area (Å²) in [5.41, 5.74) is 1.65. The zero-order valence-corrected chi connectivity index (χ0v) is 10.1. The van der Waals surface area contributed by atoms with E-state index in [0.717, 1.165) is 28.6 Å². The standard InChI is InChI=1S/C14H24/c1-5-9(3)14(7-8-14)12-10-11(12)13(10,4)6-2/h9-12H,5-8H2,1-4H3. The molecule has 3 saturated carbocycles. The zero-order valence-electron chi connectivity index (χ0n) is 10.1. The Labute approximate surface area is 88.5 Å². The first kappa shape index (κ1) is 9.24. The molecule has 80 valence electrons. The van der Waals surface area contributed by atoms with Gasteiger partial charge in [-0.25, -0.2) is 0 Å². The normalized spacial score (nSPS) is 53.6. The molecule has 3 atom stereocenters. The van der Waals surface area contributed by atoms with Gasteiger partial charge in [-0.2, -0.15) is 0 Å². The van der Waals surface area contributed by atoms with Gasteiger partial charge in [-0.1, -0.05) is 40.5 Å². The lowest BCUT2D eigenvalue weighted by Crippen LogP contribution is -2.25. The predicted octanol–water partition coefficient (Wildman–Crippen LogP) is 4.10. The molecule has 0 aromatic heterocycles. The lowest BCUT2D eigenvalue weighted by molar-refractivity contribution is 0.171. The Bertz CT molecular complexity index is 251. The van der Waals surface area contributed by atoms with Gasteiger partial charge in [-0.3, -0.25) is 0 Å². The highest BCUT2D eigenvalue weighted by atomic mass is 14.9. The van der Waals surface area contributed by atoms with E-state index in [-0.39, 0.29) is 0 Å². The summed E-state index contributed by atoms with van der Waals surface area (Å²) in [6, 6.07) is 0. The van der Waals surface area contributed by atoms with Crippen molar-refractivity contribution in [3.63, 3.8) is 0 Å². The Balaban J connectivity index is 1.67. The van der Waals surface area contributed by atoms with Gasteiger partial charge in [0, 0.05) is 0 Å². The molecule has 0 saturated heterocycles. The van der Waals surface area contributed by atoms with Crippen molar-refractivity contribution >= 4 is 0 Å². The van der Waals surface area contributed by atoms with Gasteiger partial charge in [0.1, 0.15) is 0 Å². The second-order valence-electron chi connectivity index (χ2n) is 6.48. The highest BCUT2D eigenvalue weighted by molar-refractivity contribution is 5.32. The molecular weight excluding hydrogens is 168 g/mol. The molecule has 0 nitrogen and oxygen atoms in total. The van der Waals surface area contributed by atoms with Crippen LogP contribution < -0.4 is 0 Å². The molecular formula is C14H24. The largest absolute Gasteiger partial charge is 0.0651 e. The van der Waals surface area contributed by atoms with Gasteiger partial charge in [0.2, 0.25) is 0 Å². The Morgan fingerprint density at radius 3 is 2.07 bits per heavy atom. The van der Waals surface area contributed by atoms with E-state index < -0.39 is 0 Å². The van der Waals surface area contributed by atoms with Gasteiger partial charge in [0.05, 0.1) is 0 Å². The van der Waals surface area contributed by atoms with Gasteiger partial charge in [-0.05, 0) is 47.3 Å². The third-order valence-electron chi connectivity index (χ3n) is 6.28. The van der Waals surface area contributed by atoms with Gasteiger partial charge in [0.15, 0.2) is 0 Å². The van der Waals surface area contributed by atoms with Crippen LogP contribution >= 0.6 is 0 Å². The maximum absolute atomic E-state index is 2.52. The van der Waals surface area contributed by atoms with E-state index in [2.05, 4.69) is 27.7 Å². The van der Waals surface area contributed by atoms with Crippen molar-refractivity contribution in [2.45, 2.75) is 53.4 Å². The van der Waals surface area contributed by atoms with Crippen LogP contribution in [0.3, 0.4) is 0 Å². The van der Waals surface area contributed by atoms with Gasteiger partial charge in [0.25, 0.3) is 0 Å². The van der Waals surface area contributed by atoms with Gasteiger partial charge < -0.3 is 0 Å². The van der Waals surface area contributed by atoms with Crippen LogP contribution in [0, 0.1) is 34.5 Å². The van der Waals surface area contributed by atoms with Crippen molar-refractivity contribution in [2.75, 3.05) is 0 Å².